The number of amides is 2. The number of hydrogen-bond donors (Lipinski definition) is 2. The summed E-state index contributed by atoms with van der Waals surface area (Å²) >= 11 is 0. The van der Waals surface area contributed by atoms with Gasteiger partial charge < -0.3 is 20.4 Å². The Kier molecular flexibility index (Phi) is 5.79. The van der Waals surface area contributed by atoms with E-state index in [1.165, 1.54) is 0 Å². The van der Waals surface area contributed by atoms with Gasteiger partial charge in [0.25, 0.3) is 0 Å². The lowest BCUT2D eigenvalue weighted by Crippen LogP contribution is -2.44. The molecule has 0 aliphatic carbocycles. The van der Waals surface area contributed by atoms with Gasteiger partial charge in [-0.3, -0.25) is 9.59 Å². The second-order valence-corrected chi connectivity index (χ2v) is 5.57. The highest BCUT2D eigenvalue weighted by atomic mass is 16.2. The molecule has 0 aromatic heterocycles. The molecule has 2 N–H and O–H groups in total. The Bertz CT molecular complexity index is 342. The number of carbonyl (C=O) groups is 2. The van der Waals surface area contributed by atoms with Gasteiger partial charge in [-0.1, -0.05) is 0 Å². The normalized spacial score (nSPS) is 24.1. The zero-order chi connectivity index (χ0) is 14.4. The Hall–Kier alpha value is -1.14. The summed E-state index contributed by atoms with van der Waals surface area (Å²) in [5, 5.41) is 6.30. The van der Waals surface area contributed by atoms with Crippen molar-refractivity contribution in [3.8, 4) is 0 Å². The van der Waals surface area contributed by atoms with Crippen LogP contribution in [0.5, 0.6) is 0 Å². The summed E-state index contributed by atoms with van der Waals surface area (Å²) in [5.74, 6) is -0.00952. The molecule has 0 aromatic rings. The molecule has 1 atom stereocenters. The van der Waals surface area contributed by atoms with Crippen molar-refractivity contribution in [3.63, 3.8) is 0 Å². The quantitative estimate of drug-likeness (QED) is 0.630. The van der Waals surface area contributed by atoms with E-state index in [-0.39, 0.29) is 17.7 Å². The molecule has 0 bridgehead atoms. The third-order valence-corrected chi connectivity index (χ3v) is 4.13. The predicted octanol–water partition coefficient (Wildman–Crippen LogP) is -0.734. The minimum atomic E-state index is -0.151. The van der Waals surface area contributed by atoms with Crippen LogP contribution < -0.4 is 10.6 Å². The minimum Gasteiger partial charge on any atom is -0.356 e. The Balaban J connectivity index is 1.59. The van der Waals surface area contributed by atoms with Gasteiger partial charge in [0, 0.05) is 52.2 Å². The van der Waals surface area contributed by atoms with Crippen LogP contribution in [0.25, 0.3) is 0 Å². The second kappa shape index (κ2) is 7.59. The van der Waals surface area contributed by atoms with Crippen molar-refractivity contribution < 1.29 is 9.59 Å². The van der Waals surface area contributed by atoms with E-state index in [1.807, 2.05) is 6.92 Å². The van der Waals surface area contributed by atoms with Crippen molar-refractivity contribution >= 4 is 11.8 Å². The Morgan fingerprint density at radius 1 is 1.40 bits per heavy atom. The number of nitrogens with zero attached hydrogens (tertiary/aromatic N) is 2. The van der Waals surface area contributed by atoms with E-state index in [0.29, 0.717) is 26.1 Å². The van der Waals surface area contributed by atoms with Crippen molar-refractivity contribution in [1.82, 2.24) is 20.4 Å². The summed E-state index contributed by atoms with van der Waals surface area (Å²) in [4.78, 5) is 27.8. The summed E-state index contributed by atoms with van der Waals surface area (Å²) in [7, 11) is 0. The summed E-state index contributed by atoms with van der Waals surface area (Å²) in [6.07, 6.45) is 1.35. The highest BCUT2D eigenvalue weighted by Gasteiger charge is 2.32. The summed E-state index contributed by atoms with van der Waals surface area (Å²) in [6.45, 7) is 9.28. The lowest BCUT2D eigenvalue weighted by Gasteiger charge is -2.27. The lowest BCUT2D eigenvalue weighted by molar-refractivity contribution is -0.128. The molecule has 2 aliphatic rings. The predicted molar refractivity (Wildman–Crippen MR) is 77.3 cm³/mol. The molecule has 0 spiro atoms. The minimum absolute atomic E-state index is 0.0367. The standard InChI is InChI=1S/C14H26N4O2/c1-2-18-11-12(10-13(18)19)14(20)16-4-3-7-17-8-5-15-6-9-17/h12,15H,2-11H2,1H3,(H,16,20). The van der Waals surface area contributed by atoms with Crippen molar-refractivity contribution in [1.29, 1.82) is 0 Å². The average Bonchev–Trinajstić information content (AvgIpc) is 2.86. The maximum absolute atomic E-state index is 12.0. The number of likely N-dealkylation sites (tertiary alicyclic amines) is 1. The van der Waals surface area contributed by atoms with Crippen molar-refractivity contribution in [2.24, 2.45) is 5.92 Å². The molecule has 2 amide bonds. The summed E-state index contributed by atoms with van der Waals surface area (Å²) in [5.41, 5.74) is 0. The van der Waals surface area contributed by atoms with E-state index >= 15 is 0 Å². The topological polar surface area (TPSA) is 64.7 Å². The smallest absolute Gasteiger partial charge is 0.225 e. The SMILES string of the molecule is CCN1CC(C(=O)NCCCN2CCNCC2)CC1=O. The van der Waals surface area contributed by atoms with Crippen LogP contribution in [0.2, 0.25) is 0 Å². The van der Waals surface area contributed by atoms with Crippen LogP contribution in [-0.2, 0) is 9.59 Å². The molecule has 114 valence electrons. The van der Waals surface area contributed by atoms with Crippen LogP contribution in [-0.4, -0.2) is 74.0 Å². The maximum Gasteiger partial charge on any atom is 0.225 e. The molecule has 2 heterocycles. The van der Waals surface area contributed by atoms with E-state index in [0.717, 1.165) is 39.1 Å². The van der Waals surface area contributed by atoms with Gasteiger partial charge >= 0.3 is 0 Å². The zero-order valence-corrected chi connectivity index (χ0v) is 12.4. The van der Waals surface area contributed by atoms with Gasteiger partial charge in [-0.05, 0) is 19.9 Å². The van der Waals surface area contributed by atoms with E-state index in [1.54, 1.807) is 4.90 Å². The number of carbonyl (C=O) groups excluding carboxylic acids is 2. The highest BCUT2D eigenvalue weighted by molar-refractivity contribution is 5.89. The molecular weight excluding hydrogens is 256 g/mol. The van der Waals surface area contributed by atoms with Crippen LogP contribution in [0.3, 0.4) is 0 Å². The van der Waals surface area contributed by atoms with Gasteiger partial charge in [-0.2, -0.15) is 0 Å². The van der Waals surface area contributed by atoms with E-state index in [2.05, 4.69) is 15.5 Å². The van der Waals surface area contributed by atoms with Crippen LogP contribution in [0, 0.1) is 5.92 Å². The Morgan fingerprint density at radius 3 is 2.80 bits per heavy atom. The first kappa shape index (κ1) is 15.3. The molecule has 2 fully saturated rings. The first-order valence-corrected chi connectivity index (χ1v) is 7.69. The molecular formula is C14H26N4O2. The largest absolute Gasteiger partial charge is 0.356 e. The van der Waals surface area contributed by atoms with Gasteiger partial charge in [0.2, 0.25) is 11.8 Å². The molecule has 2 rings (SSSR count). The molecule has 0 radical (unpaired) electrons. The van der Waals surface area contributed by atoms with Crippen molar-refractivity contribution in [2.45, 2.75) is 19.8 Å². The molecule has 0 saturated carbocycles. The highest BCUT2D eigenvalue weighted by Crippen LogP contribution is 2.17. The average molecular weight is 282 g/mol. The second-order valence-electron chi connectivity index (χ2n) is 5.57. The first-order chi connectivity index (χ1) is 9.70. The molecule has 0 aromatic carbocycles. The monoisotopic (exact) mass is 282 g/mol. The van der Waals surface area contributed by atoms with Crippen LogP contribution in [0.1, 0.15) is 19.8 Å². The molecule has 2 saturated heterocycles. The van der Waals surface area contributed by atoms with E-state index in [9.17, 15) is 9.59 Å². The first-order valence-electron chi connectivity index (χ1n) is 7.69. The summed E-state index contributed by atoms with van der Waals surface area (Å²) < 4.78 is 0. The van der Waals surface area contributed by atoms with Gasteiger partial charge in [0.05, 0.1) is 5.92 Å². The van der Waals surface area contributed by atoms with Crippen LogP contribution in [0.4, 0.5) is 0 Å². The van der Waals surface area contributed by atoms with Gasteiger partial charge in [-0.15, -0.1) is 0 Å². The number of rotatable bonds is 6. The number of piperazine rings is 1. The zero-order valence-electron chi connectivity index (χ0n) is 12.4. The van der Waals surface area contributed by atoms with Gasteiger partial charge in [0.1, 0.15) is 0 Å². The van der Waals surface area contributed by atoms with E-state index in [4.69, 9.17) is 0 Å². The van der Waals surface area contributed by atoms with Crippen molar-refractivity contribution in [2.75, 3.05) is 52.4 Å². The molecule has 20 heavy (non-hydrogen) atoms. The van der Waals surface area contributed by atoms with Crippen molar-refractivity contribution in [3.05, 3.63) is 0 Å². The molecule has 6 heteroatoms. The molecule has 1 unspecified atom stereocenters. The summed E-state index contributed by atoms with van der Waals surface area (Å²) in [6, 6.07) is 0. The Morgan fingerprint density at radius 2 is 2.15 bits per heavy atom. The fourth-order valence-corrected chi connectivity index (χ4v) is 2.85. The molecule has 6 nitrogen and oxygen atoms in total. The third kappa shape index (κ3) is 4.18. The van der Waals surface area contributed by atoms with E-state index < -0.39 is 0 Å². The molecule has 2 aliphatic heterocycles. The van der Waals surface area contributed by atoms with Gasteiger partial charge in [-0.25, -0.2) is 0 Å². The van der Waals surface area contributed by atoms with Crippen LogP contribution >= 0.6 is 0 Å². The van der Waals surface area contributed by atoms with Crippen LogP contribution in [0.15, 0.2) is 0 Å². The number of nitrogens with one attached hydrogen (secondary N) is 2. The lowest BCUT2D eigenvalue weighted by atomic mass is 10.1. The number of hydrogen-bond acceptors (Lipinski definition) is 4. The third-order valence-electron chi connectivity index (χ3n) is 4.13. The fourth-order valence-electron chi connectivity index (χ4n) is 2.85. The Labute approximate surface area is 120 Å². The fraction of sp³-hybridized carbons (Fsp3) is 0.857. The maximum atomic E-state index is 12.0. The van der Waals surface area contributed by atoms with Gasteiger partial charge in [0.15, 0.2) is 0 Å².